The van der Waals surface area contributed by atoms with Crippen LogP contribution in [-0.2, 0) is 10.2 Å². The second-order valence-corrected chi connectivity index (χ2v) is 4.96. The van der Waals surface area contributed by atoms with Crippen molar-refractivity contribution in [1.82, 2.24) is 0 Å². The Labute approximate surface area is 107 Å². The van der Waals surface area contributed by atoms with Gasteiger partial charge in [0.25, 0.3) is 0 Å². The highest BCUT2D eigenvalue weighted by atomic mass is 16.5. The molecule has 0 radical (unpaired) electrons. The highest BCUT2D eigenvalue weighted by Gasteiger charge is 2.23. The molecule has 1 aromatic carbocycles. The lowest BCUT2D eigenvalue weighted by molar-refractivity contribution is 0.0597. The molecule has 4 heteroatoms. The number of carbonyl (C=O) groups excluding carboxylic acids is 1. The third kappa shape index (κ3) is 2.62. The van der Waals surface area contributed by atoms with Crippen LogP contribution in [0.25, 0.3) is 0 Å². The lowest BCUT2D eigenvalue weighted by atomic mass is 9.85. The fourth-order valence-electron chi connectivity index (χ4n) is 1.63. The molecule has 0 aromatic heterocycles. The number of nitriles is 1. The summed E-state index contributed by atoms with van der Waals surface area (Å²) in [6.07, 6.45) is 0. The van der Waals surface area contributed by atoms with Crippen LogP contribution in [0.15, 0.2) is 12.1 Å². The van der Waals surface area contributed by atoms with Crippen molar-refractivity contribution in [2.24, 2.45) is 0 Å². The van der Waals surface area contributed by atoms with Crippen molar-refractivity contribution in [3.8, 4) is 11.8 Å². The minimum atomic E-state index is -0.505. The Kier molecular flexibility index (Phi) is 3.97. The summed E-state index contributed by atoms with van der Waals surface area (Å²) in [7, 11) is 2.73. The molecule has 96 valence electrons. The van der Waals surface area contributed by atoms with Crippen LogP contribution in [0.4, 0.5) is 0 Å². The van der Waals surface area contributed by atoms with E-state index in [1.54, 1.807) is 12.1 Å². The average Bonchev–Trinajstić information content (AvgIpc) is 2.34. The fourth-order valence-corrected chi connectivity index (χ4v) is 1.63. The van der Waals surface area contributed by atoms with Crippen LogP contribution in [0, 0.1) is 11.3 Å². The molecule has 1 rings (SSSR count). The minimum absolute atomic E-state index is 0.166. The van der Waals surface area contributed by atoms with Crippen molar-refractivity contribution in [3.63, 3.8) is 0 Å². The molecule has 0 spiro atoms. The van der Waals surface area contributed by atoms with Gasteiger partial charge in [-0.15, -0.1) is 0 Å². The van der Waals surface area contributed by atoms with Crippen LogP contribution < -0.4 is 4.74 Å². The van der Waals surface area contributed by atoms with E-state index in [4.69, 9.17) is 14.7 Å². The Morgan fingerprint density at radius 3 is 2.28 bits per heavy atom. The quantitative estimate of drug-likeness (QED) is 0.754. The van der Waals surface area contributed by atoms with Gasteiger partial charge in [-0.2, -0.15) is 5.26 Å². The van der Waals surface area contributed by atoms with Gasteiger partial charge in [0.15, 0.2) is 5.75 Å². The van der Waals surface area contributed by atoms with Crippen LogP contribution in [0.5, 0.6) is 5.75 Å². The summed E-state index contributed by atoms with van der Waals surface area (Å²) >= 11 is 0. The first-order valence-electron chi connectivity index (χ1n) is 5.56. The van der Waals surface area contributed by atoms with E-state index in [0.29, 0.717) is 5.56 Å². The maximum absolute atomic E-state index is 11.7. The third-order valence-electron chi connectivity index (χ3n) is 2.68. The molecule has 0 atom stereocenters. The lowest BCUT2D eigenvalue weighted by Crippen LogP contribution is -2.14. The highest BCUT2D eigenvalue weighted by Crippen LogP contribution is 2.31. The normalized spacial score (nSPS) is 10.7. The van der Waals surface area contributed by atoms with Gasteiger partial charge in [-0.05, 0) is 23.1 Å². The zero-order valence-electron chi connectivity index (χ0n) is 11.3. The molecule has 0 saturated heterocycles. The van der Waals surface area contributed by atoms with Gasteiger partial charge in [0.1, 0.15) is 11.6 Å². The van der Waals surface area contributed by atoms with Crippen LogP contribution in [-0.4, -0.2) is 20.2 Å². The monoisotopic (exact) mass is 247 g/mol. The molecule has 0 saturated carbocycles. The SMILES string of the molecule is COC(=O)c1cc(C(C)(C)C)cc(C#N)c1OC. The second-order valence-electron chi connectivity index (χ2n) is 4.96. The van der Waals surface area contributed by atoms with Gasteiger partial charge in [0.05, 0.1) is 19.8 Å². The summed E-state index contributed by atoms with van der Waals surface area (Å²) in [5.41, 5.74) is 1.34. The van der Waals surface area contributed by atoms with E-state index in [0.717, 1.165) is 5.56 Å². The molecule has 4 nitrogen and oxygen atoms in total. The van der Waals surface area contributed by atoms with E-state index >= 15 is 0 Å². The first-order valence-corrected chi connectivity index (χ1v) is 5.56. The standard InChI is InChI=1S/C14H17NO3/c1-14(2,3)10-6-9(8-15)12(17-4)11(7-10)13(16)18-5/h6-7H,1-5H3. The first-order chi connectivity index (χ1) is 8.35. The number of nitrogens with zero attached hydrogens (tertiary/aromatic N) is 1. The molecular formula is C14H17NO3. The summed E-state index contributed by atoms with van der Waals surface area (Å²) < 4.78 is 9.85. The summed E-state index contributed by atoms with van der Waals surface area (Å²) in [5, 5.41) is 9.14. The summed E-state index contributed by atoms with van der Waals surface area (Å²) in [5.74, 6) is -0.244. The van der Waals surface area contributed by atoms with E-state index in [2.05, 4.69) is 0 Å². The average molecular weight is 247 g/mol. The minimum Gasteiger partial charge on any atom is -0.494 e. The molecule has 0 unspecified atom stereocenters. The Balaban J connectivity index is 3.57. The fraction of sp³-hybridized carbons (Fsp3) is 0.429. The molecular weight excluding hydrogens is 230 g/mol. The summed E-state index contributed by atoms with van der Waals surface area (Å²) in [4.78, 5) is 11.7. The van der Waals surface area contributed by atoms with Crippen molar-refractivity contribution in [2.75, 3.05) is 14.2 Å². The zero-order chi connectivity index (χ0) is 13.9. The van der Waals surface area contributed by atoms with E-state index in [9.17, 15) is 4.79 Å². The van der Waals surface area contributed by atoms with Crippen molar-refractivity contribution in [3.05, 3.63) is 28.8 Å². The van der Waals surface area contributed by atoms with Crippen molar-refractivity contribution < 1.29 is 14.3 Å². The first kappa shape index (κ1) is 14.0. The Morgan fingerprint density at radius 1 is 1.28 bits per heavy atom. The smallest absolute Gasteiger partial charge is 0.341 e. The van der Waals surface area contributed by atoms with Gasteiger partial charge in [0, 0.05) is 0 Å². The van der Waals surface area contributed by atoms with Gasteiger partial charge < -0.3 is 9.47 Å². The molecule has 0 aliphatic heterocycles. The van der Waals surface area contributed by atoms with E-state index in [-0.39, 0.29) is 16.7 Å². The molecule has 0 aliphatic rings. The van der Waals surface area contributed by atoms with Gasteiger partial charge >= 0.3 is 5.97 Å². The topological polar surface area (TPSA) is 59.3 Å². The summed E-state index contributed by atoms with van der Waals surface area (Å²) in [6, 6.07) is 5.50. The predicted molar refractivity (Wildman–Crippen MR) is 67.7 cm³/mol. The van der Waals surface area contributed by atoms with Gasteiger partial charge in [-0.3, -0.25) is 0 Å². The molecule has 0 amide bonds. The number of rotatable bonds is 2. The highest BCUT2D eigenvalue weighted by molar-refractivity contribution is 5.93. The summed E-state index contributed by atoms with van der Waals surface area (Å²) in [6.45, 7) is 6.03. The van der Waals surface area contributed by atoms with Gasteiger partial charge in [-0.25, -0.2) is 4.79 Å². The molecule has 1 aromatic rings. The zero-order valence-corrected chi connectivity index (χ0v) is 11.3. The number of methoxy groups -OCH3 is 2. The Bertz CT molecular complexity index is 507. The van der Waals surface area contributed by atoms with E-state index < -0.39 is 5.97 Å². The number of carbonyl (C=O) groups is 1. The number of ether oxygens (including phenoxy) is 2. The van der Waals surface area contributed by atoms with Crippen LogP contribution in [0.3, 0.4) is 0 Å². The van der Waals surface area contributed by atoms with Crippen LogP contribution in [0.2, 0.25) is 0 Å². The lowest BCUT2D eigenvalue weighted by Gasteiger charge is -2.21. The third-order valence-corrected chi connectivity index (χ3v) is 2.68. The Morgan fingerprint density at radius 2 is 1.89 bits per heavy atom. The van der Waals surface area contributed by atoms with E-state index in [1.807, 2.05) is 26.8 Å². The van der Waals surface area contributed by atoms with Gasteiger partial charge in [-0.1, -0.05) is 20.8 Å². The second kappa shape index (κ2) is 5.09. The number of benzene rings is 1. The van der Waals surface area contributed by atoms with Crippen molar-refractivity contribution in [1.29, 1.82) is 5.26 Å². The molecule has 0 N–H and O–H groups in total. The van der Waals surface area contributed by atoms with Crippen LogP contribution in [0.1, 0.15) is 42.3 Å². The van der Waals surface area contributed by atoms with Crippen molar-refractivity contribution in [2.45, 2.75) is 26.2 Å². The number of hydrogen-bond acceptors (Lipinski definition) is 4. The number of esters is 1. The molecule has 0 bridgehead atoms. The largest absolute Gasteiger partial charge is 0.494 e. The van der Waals surface area contributed by atoms with Crippen LogP contribution >= 0.6 is 0 Å². The maximum Gasteiger partial charge on any atom is 0.341 e. The molecule has 0 heterocycles. The molecule has 18 heavy (non-hydrogen) atoms. The predicted octanol–water partition coefficient (Wildman–Crippen LogP) is 2.65. The molecule has 0 fully saturated rings. The number of hydrogen-bond donors (Lipinski definition) is 0. The molecule has 0 aliphatic carbocycles. The van der Waals surface area contributed by atoms with E-state index in [1.165, 1.54) is 14.2 Å². The van der Waals surface area contributed by atoms with Gasteiger partial charge in [0.2, 0.25) is 0 Å². The Hall–Kier alpha value is -2.02. The maximum atomic E-state index is 11.7. The van der Waals surface area contributed by atoms with Crippen molar-refractivity contribution >= 4 is 5.97 Å².